The van der Waals surface area contributed by atoms with Gasteiger partial charge in [0.05, 0.1) is 7.11 Å². The van der Waals surface area contributed by atoms with Crippen molar-refractivity contribution in [3.63, 3.8) is 0 Å². The van der Waals surface area contributed by atoms with Crippen LogP contribution in [0.3, 0.4) is 0 Å². The van der Waals surface area contributed by atoms with Crippen LogP contribution in [0, 0.1) is 6.92 Å². The summed E-state index contributed by atoms with van der Waals surface area (Å²) in [5.74, 6) is 0.772. The van der Waals surface area contributed by atoms with Crippen molar-refractivity contribution >= 4 is 0 Å². The molecule has 3 heteroatoms. The molecule has 0 unspecified atom stereocenters. The fraction of sp³-hybridized carbons (Fsp3) is 0.455. The highest BCUT2D eigenvalue weighted by atomic mass is 16.5. The molecule has 0 amide bonds. The highest BCUT2D eigenvalue weighted by molar-refractivity contribution is 5.45. The van der Waals surface area contributed by atoms with Crippen LogP contribution in [0.4, 0.5) is 0 Å². The number of hydrogen-bond donors (Lipinski definition) is 2. The lowest BCUT2D eigenvalue weighted by Crippen LogP contribution is -2.57. The van der Waals surface area contributed by atoms with E-state index in [0.717, 1.165) is 16.9 Å². The number of benzene rings is 1. The average molecular weight is 193 g/mol. The van der Waals surface area contributed by atoms with Crippen LogP contribution < -0.4 is 10.1 Å². The molecule has 2 rings (SSSR count). The van der Waals surface area contributed by atoms with Gasteiger partial charge in [-0.1, -0.05) is 12.1 Å². The van der Waals surface area contributed by atoms with E-state index in [2.05, 4.69) is 5.32 Å². The van der Waals surface area contributed by atoms with Gasteiger partial charge in [-0.15, -0.1) is 0 Å². The third-order valence-electron chi connectivity index (χ3n) is 2.75. The molecule has 0 aromatic heterocycles. The van der Waals surface area contributed by atoms with E-state index in [1.807, 2.05) is 25.1 Å². The topological polar surface area (TPSA) is 41.5 Å². The Morgan fingerprint density at radius 3 is 2.64 bits per heavy atom. The van der Waals surface area contributed by atoms with E-state index >= 15 is 0 Å². The zero-order chi connectivity index (χ0) is 10.2. The highest BCUT2D eigenvalue weighted by Crippen LogP contribution is 2.35. The van der Waals surface area contributed by atoms with E-state index in [9.17, 15) is 5.11 Å². The predicted octanol–water partition coefficient (Wildman–Crippen LogP) is 0.794. The number of ether oxygens (including phenoxy) is 1. The van der Waals surface area contributed by atoms with Crippen LogP contribution in [0.1, 0.15) is 11.1 Å². The van der Waals surface area contributed by atoms with Crippen LogP contribution in [0.25, 0.3) is 0 Å². The fourth-order valence-electron chi connectivity index (χ4n) is 1.95. The van der Waals surface area contributed by atoms with Crippen molar-refractivity contribution in [1.29, 1.82) is 0 Å². The molecular formula is C11H15NO2. The van der Waals surface area contributed by atoms with Crippen molar-refractivity contribution < 1.29 is 9.84 Å². The summed E-state index contributed by atoms with van der Waals surface area (Å²) in [6, 6.07) is 5.82. The van der Waals surface area contributed by atoms with Crippen LogP contribution in [0.15, 0.2) is 18.2 Å². The van der Waals surface area contributed by atoms with Crippen LogP contribution in [-0.4, -0.2) is 25.3 Å². The molecule has 1 aliphatic rings. The smallest absolute Gasteiger partial charge is 0.125 e. The maximum atomic E-state index is 10.2. The van der Waals surface area contributed by atoms with Gasteiger partial charge in [0.25, 0.3) is 0 Å². The fourth-order valence-corrected chi connectivity index (χ4v) is 1.95. The number of aryl methyl sites for hydroxylation is 1. The van der Waals surface area contributed by atoms with E-state index < -0.39 is 5.60 Å². The van der Waals surface area contributed by atoms with Crippen LogP contribution in [0.2, 0.25) is 0 Å². The quantitative estimate of drug-likeness (QED) is 0.729. The largest absolute Gasteiger partial charge is 0.496 e. The molecule has 0 radical (unpaired) electrons. The molecule has 2 N–H and O–H groups in total. The highest BCUT2D eigenvalue weighted by Gasteiger charge is 2.39. The van der Waals surface area contributed by atoms with E-state index in [1.165, 1.54) is 0 Å². The minimum absolute atomic E-state index is 0.605. The maximum Gasteiger partial charge on any atom is 0.125 e. The second kappa shape index (κ2) is 3.26. The minimum atomic E-state index is -0.739. The first kappa shape index (κ1) is 9.49. The summed E-state index contributed by atoms with van der Waals surface area (Å²) in [6.07, 6.45) is 0. The molecule has 1 fully saturated rings. The molecule has 1 aromatic carbocycles. The van der Waals surface area contributed by atoms with Crippen molar-refractivity contribution in [2.75, 3.05) is 20.2 Å². The summed E-state index contributed by atoms with van der Waals surface area (Å²) >= 11 is 0. The van der Waals surface area contributed by atoms with Crippen LogP contribution >= 0.6 is 0 Å². The lowest BCUT2D eigenvalue weighted by molar-refractivity contribution is -0.0170. The molecule has 0 saturated carbocycles. The summed E-state index contributed by atoms with van der Waals surface area (Å²) in [7, 11) is 1.63. The summed E-state index contributed by atoms with van der Waals surface area (Å²) in [5, 5.41) is 13.3. The zero-order valence-electron chi connectivity index (χ0n) is 8.50. The standard InChI is InChI=1S/C11H15NO2/c1-8-4-3-5-9(14-2)10(8)11(13)6-12-7-11/h3-5,12-13H,6-7H2,1-2H3. The first-order valence-electron chi connectivity index (χ1n) is 4.74. The van der Waals surface area contributed by atoms with Gasteiger partial charge in [0.15, 0.2) is 0 Å². The van der Waals surface area contributed by atoms with E-state index in [4.69, 9.17) is 4.74 Å². The Kier molecular flexibility index (Phi) is 2.21. The summed E-state index contributed by atoms with van der Waals surface area (Å²) in [5.41, 5.74) is 1.26. The molecule has 1 saturated heterocycles. The van der Waals surface area contributed by atoms with Gasteiger partial charge in [-0.05, 0) is 18.6 Å². The Morgan fingerprint density at radius 1 is 1.43 bits per heavy atom. The van der Waals surface area contributed by atoms with Crippen molar-refractivity contribution in [2.45, 2.75) is 12.5 Å². The molecular weight excluding hydrogens is 178 g/mol. The third kappa shape index (κ3) is 1.29. The number of aliphatic hydroxyl groups is 1. The molecule has 14 heavy (non-hydrogen) atoms. The van der Waals surface area contributed by atoms with Gasteiger partial charge < -0.3 is 15.2 Å². The lowest BCUT2D eigenvalue weighted by Gasteiger charge is -2.39. The van der Waals surface area contributed by atoms with Crippen LogP contribution in [0.5, 0.6) is 5.75 Å². The van der Waals surface area contributed by atoms with Crippen molar-refractivity contribution in [1.82, 2.24) is 5.32 Å². The Morgan fingerprint density at radius 2 is 2.14 bits per heavy atom. The molecule has 0 bridgehead atoms. The normalized spacial score (nSPS) is 18.8. The third-order valence-corrected chi connectivity index (χ3v) is 2.75. The molecule has 0 spiro atoms. The maximum absolute atomic E-state index is 10.2. The van der Waals surface area contributed by atoms with Gasteiger partial charge in [-0.3, -0.25) is 0 Å². The zero-order valence-corrected chi connectivity index (χ0v) is 8.50. The summed E-state index contributed by atoms with van der Waals surface area (Å²) in [4.78, 5) is 0. The van der Waals surface area contributed by atoms with Gasteiger partial charge in [-0.2, -0.15) is 0 Å². The predicted molar refractivity (Wildman–Crippen MR) is 54.5 cm³/mol. The van der Waals surface area contributed by atoms with Crippen molar-refractivity contribution in [3.05, 3.63) is 29.3 Å². The number of methoxy groups -OCH3 is 1. The average Bonchev–Trinajstić information content (AvgIpc) is 2.14. The van der Waals surface area contributed by atoms with Crippen molar-refractivity contribution in [2.24, 2.45) is 0 Å². The monoisotopic (exact) mass is 193 g/mol. The summed E-state index contributed by atoms with van der Waals surface area (Å²) in [6.45, 7) is 3.20. The Labute approximate surface area is 83.7 Å². The number of nitrogens with one attached hydrogen (secondary N) is 1. The first-order chi connectivity index (χ1) is 6.67. The molecule has 76 valence electrons. The molecule has 0 aliphatic carbocycles. The Bertz CT molecular complexity index is 345. The SMILES string of the molecule is COc1cccc(C)c1C1(O)CNC1. The summed E-state index contributed by atoms with van der Waals surface area (Å²) < 4.78 is 5.26. The van der Waals surface area contributed by atoms with E-state index in [0.29, 0.717) is 13.1 Å². The molecule has 1 heterocycles. The lowest BCUT2D eigenvalue weighted by atomic mass is 9.84. The van der Waals surface area contributed by atoms with E-state index in [-0.39, 0.29) is 0 Å². The van der Waals surface area contributed by atoms with E-state index in [1.54, 1.807) is 7.11 Å². The molecule has 0 atom stereocenters. The second-order valence-corrected chi connectivity index (χ2v) is 3.79. The molecule has 3 nitrogen and oxygen atoms in total. The van der Waals surface area contributed by atoms with Crippen LogP contribution in [-0.2, 0) is 5.60 Å². The second-order valence-electron chi connectivity index (χ2n) is 3.79. The number of hydrogen-bond acceptors (Lipinski definition) is 3. The minimum Gasteiger partial charge on any atom is -0.496 e. The number of β-amino-alcohol motifs (C(OH)–C–C–N with tert-alkyl or cyclic N) is 1. The first-order valence-corrected chi connectivity index (χ1v) is 4.74. The van der Waals surface area contributed by atoms with Crippen molar-refractivity contribution in [3.8, 4) is 5.75 Å². The van der Waals surface area contributed by atoms with Gasteiger partial charge in [0, 0.05) is 18.7 Å². The molecule has 1 aromatic rings. The van der Waals surface area contributed by atoms with Gasteiger partial charge >= 0.3 is 0 Å². The van der Waals surface area contributed by atoms with Gasteiger partial charge in [-0.25, -0.2) is 0 Å². The van der Waals surface area contributed by atoms with Gasteiger partial charge in [0.2, 0.25) is 0 Å². The number of rotatable bonds is 2. The molecule has 1 aliphatic heterocycles. The van der Waals surface area contributed by atoms with Gasteiger partial charge in [0.1, 0.15) is 11.4 Å². The Hall–Kier alpha value is -1.06. The Balaban J connectivity index is 2.49.